The minimum atomic E-state index is -2.92. The zero-order valence-electron chi connectivity index (χ0n) is 16.2. The van der Waals surface area contributed by atoms with Crippen molar-refractivity contribution in [3.63, 3.8) is 0 Å². The van der Waals surface area contributed by atoms with E-state index in [2.05, 4.69) is 20.4 Å². The molecule has 1 aromatic rings. The molecule has 9 heteroatoms. The fourth-order valence-electron chi connectivity index (χ4n) is 2.27. The molecule has 0 aliphatic rings. The number of nitrogens with one attached hydrogen (secondary N) is 2. The molecule has 0 aliphatic carbocycles. The van der Waals surface area contributed by atoms with Gasteiger partial charge in [-0.25, -0.2) is 4.99 Å². The maximum atomic E-state index is 12.6. The number of ether oxygens (including phenoxy) is 2. The van der Waals surface area contributed by atoms with Crippen molar-refractivity contribution in [1.29, 1.82) is 0 Å². The minimum absolute atomic E-state index is 0. The van der Waals surface area contributed by atoms with Gasteiger partial charge in [-0.1, -0.05) is 13.8 Å². The van der Waals surface area contributed by atoms with Crippen LogP contribution in [0, 0.1) is 0 Å². The third-order valence-corrected chi connectivity index (χ3v) is 4.14. The third kappa shape index (κ3) is 8.91. The summed E-state index contributed by atoms with van der Waals surface area (Å²) in [5.74, 6) is 1.07. The van der Waals surface area contributed by atoms with Crippen LogP contribution < -0.4 is 20.1 Å². The van der Waals surface area contributed by atoms with Crippen LogP contribution in [-0.4, -0.2) is 43.5 Å². The molecule has 0 aliphatic heterocycles. The second-order valence-corrected chi connectivity index (χ2v) is 5.83. The lowest BCUT2D eigenvalue weighted by Gasteiger charge is -2.26. The molecule has 0 saturated carbocycles. The predicted molar refractivity (Wildman–Crippen MR) is 113 cm³/mol. The number of aliphatic hydroxyl groups is 1. The molecule has 3 N–H and O–H groups in total. The molecule has 156 valence electrons. The van der Waals surface area contributed by atoms with Crippen molar-refractivity contribution in [2.75, 3.05) is 20.2 Å². The SMILES string of the molecule is CCNC(=NCc1cc(OC)ccc1OC(F)F)NCC(O)(CC)CC.I. The summed E-state index contributed by atoms with van der Waals surface area (Å²) in [5, 5.41) is 16.5. The van der Waals surface area contributed by atoms with Crippen LogP contribution in [0.25, 0.3) is 0 Å². The summed E-state index contributed by atoms with van der Waals surface area (Å²) in [6, 6.07) is 4.60. The van der Waals surface area contributed by atoms with Crippen molar-refractivity contribution in [2.24, 2.45) is 4.99 Å². The molecule has 0 saturated heterocycles. The first-order valence-corrected chi connectivity index (χ1v) is 8.73. The van der Waals surface area contributed by atoms with Crippen LogP contribution in [0.4, 0.5) is 8.78 Å². The summed E-state index contributed by atoms with van der Waals surface area (Å²) in [5.41, 5.74) is -0.348. The molecule has 0 bridgehead atoms. The van der Waals surface area contributed by atoms with Gasteiger partial charge in [-0.05, 0) is 38.0 Å². The van der Waals surface area contributed by atoms with Crippen LogP contribution in [0.3, 0.4) is 0 Å². The van der Waals surface area contributed by atoms with Crippen LogP contribution in [0.1, 0.15) is 39.2 Å². The zero-order valence-corrected chi connectivity index (χ0v) is 18.6. The Labute approximate surface area is 176 Å². The molecule has 0 heterocycles. The average Bonchev–Trinajstić information content (AvgIpc) is 2.64. The van der Waals surface area contributed by atoms with Crippen LogP contribution in [0.5, 0.6) is 11.5 Å². The van der Waals surface area contributed by atoms with E-state index < -0.39 is 12.2 Å². The molecule has 0 radical (unpaired) electrons. The van der Waals surface area contributed by atoms with Gasteiger partial charge in [-0.15, -0.1) is 24.0 Å². The van der Waals surface area contributed by atoms with Crippen molar-refractivity contribution in [3.8, 4) is 11.5 Å². The maximum Gasteiger partial charge on any atom is 0.387 e. The van der Waals surface area contributed by atoms with Crippen LogP contribution in [-0.2, 0) is 6.54 Å². The Hall–Kier alpha value is -1.36. The topological polar surface area (TPSA) is 75.1 Å². The Bertz CT molecular complexity index is 585. The molecular formula is C18H30F2IN3O3. The van der Waals surface area contributed by atoms with E-state index in [1.807, 2.05) is 20.8 Å². The van der Waals surface area contributed by atoms with Gasteiger partial charge < -0.3 is 25.2 Å². The summed E-state index contributed by atoms with van der Waals surface area (Å²) in [6.07, 6.45) is 1.22. The molecule has 27 heavy (non-hydrogen) atoms. The normalized spacial score (nSPS) is 11.8. The molecule has 0 spiro atoms. The Balaban J connectivity index is 0.00000676. The third-order valence-electron chi connectivity index (χ3n) is 4.14. The average molecular weight is 501 g/mol. The van der Waals surface area contributed by atoms with E-state index in [1.165, 1.54) is 13.2 Å². The number of methoxy groups -OCH3 is 1. The Kier molecular flexibility index (Phi) is 12.3. The first kappa shape index (κ1) is 25.6. The fraction of sp³-hybridized carbons (Fsp3) is 0.611. The zero-order chi connectivity index (χ0) is 19.6. The standard InChI is InChI=1S/C18H29F2N3O3.HI/c1-5-18(24,6-2)12-23-17(21-7-3)22-11-13-10-14(25-4)8-9-15(13)26-16(19)20;/h8-10,16,24H,5-7,11-12H2,1-4H3,(H2,21,22,23);1H. The number of aliphatic imine (C=N–C) groups is 1. The van der Waals surface area contributed by atoms with Gasteiger partial charge in [-0.2, -0.15) is 8.78 Å². The second-order valence-electron chi connectivity index (χ2n) is 5.83. The van der Waals surface area contributed by atoms with E-state index in [0.717, 1.165) is 0 Å². The van der Waals surface area contributed by atoms with Gasteiger partial charge in [0.15, 0.2) is 5.96 Å². The van der Waals surface area contributed by atoms with Gasteiger partial charge in [0.2, 0.25) is 0 Å². The molecule has 0 atom stereocenters. The largest absolute Gasteiger partial charge is 0.497 e. The van der Waals surface area contributed by atoms with Crippen LogP contribution in [0.2, 0.25) is 0 Å². The van der Waals surface area contributed by atoms with Crippen molar-refractivity contribution in [2.45, 2.75) is 52.4 Å². The number of rotatable bonds is 10. The van der Waals surface area contributed by atoms with Gasteiger partial charge in [0, 0.05) is 18.7 Å². The highest BCUT2D eigenvalue weighted by Crippen LogP contribution is 2.26. The highest BCUT2D eigenvalue weighted by molar-refractivity contribution is 14.0. The van der Waals surface area contributed by atoms with Crippen LogP contribution >= 0.6 is 24.0 Å². The van der Waals surface area contributed by atoms with Crippen molar-refractivity contribution in [3.05, 3.63) is 23.8 Å². The Morgan fingerprint density at radius 1 is 1.22 bits per heavy atom. The number of halogens is 3. The lowest BCUT2D eigenvalue weighted by atomic mass is 9.98. The lowest BCUT2D eigenvalue weighted by Crippen LogP contribution is -2.46. The Morgan fingerprint density at radius 3 is 2.41 bits per heavy atom. The molecule has 1 rings (SSSR count). The Morgan fingerprint density at radius 2 is 1.89 bits per heavy atom. The van der Waals surface area contributed by atoms with Gasteiger partial charge in [0.1, 0.15) is 11.5 Å². The van der Waals surface area contributed by atoms with E-state index in [0.29, 0.717) is 43.2 Å². The number of nitrogens with zero attached hydrogens (tertiary/aromatic N) is 1. The number of alkyl halides is 2. The number of hydrogen-bond donors (Lipinski definition) is 3. The van der Waals surface area contributed by atoms with E-state index in [4.69, 9.17) is 4.74 Å². The highest BCUT2D eigenvalue weighted by atomic mass is 127. The summed E-state index contributed by atoms with van der Waals surface area (Å²) in [4.78, 5) is 4.40. The minimum Gasteiger partial charge on any atom is -0.497 e. The highest BCUT2D eigenvalue weighted by Gasteiger charge is 2.22. The summed E-state index contributed by atoms with van der Waals surface area (Å²) in [6.45, 7) is 3.91. The van der Waals surface area contributed by atoms with Crippen molar-refractivity contribution < 1.29 is 23.4 Å². The van der Waals surface area contributed by atoms with E-state index in [-0.39, 0.29) is 36.3 Å². The molecule has 1 aromatic carbocycles. The number of benzene rings is 1. The van der Waals surface area contributed by atoms with Gasteiger partial charge in [-0.3, -0.25) is 0 Å². The number of guanidine groups is 1. The molecule has 0 fully saturated rings. The predicted octanol–water partition coefficient (Wildman–Crippen LogP) is 3.52. The van der Waals surface area contributed by atoms with E-state index in [9.17, 15) is 13.9 Å². The first-order valence-electron chi connectivity index (χ1n) is 8.73. The summed E-state index contributed by atoms with van der Waals surface area (Å²) >= 11 is 0. The van der Waals surface area contributed by atoms with Crippen molar-refractivity contribution in [1.82, 2.24) is 10.6 Å². The monoisotopic (exact) mass is 501 g/mol. The molecule has 0 unspecified atom stereocenters. The molecular weight excluding hydrogens is 471 g/mol. The van der Waals surface area contributed by atoms with E-state index >= 15 is 0 Å². The van der Waals surface area contributed by atoms with E-state index in [1.54, 1.807) is 12.1 Å². The number of hydrogen-bond acceptors (Lipinski definition) is 4. The smallest absolute Gasteiger partial charge is 0.387 e. The second kappa shape index (κ2) is 12.9. The van der Waals surface area contributed by atoms with Gasteiger partial charge >= 0.3 is 6.61 Å². The molecule has 0 amide bonds. The molecule has 0 aromatic heterocycles. The fourth-order valence-corrected chi connectivity index (χ4v) is 2.27. The summed E-state index contributed by atoms with van der Waals surface area (Å²) < 4.78 is 34.9. The van der Waals surface area contributed by atoms with Gasteiger partial charge in [0.05, 0.1) is 19.3 Å². The maximum absolute atomic E-state index is 12.6. The quantitative estimate of drug-likeness (QED) is 0.260. The molecule has 6 nitrogen and oxygen atoms in total. The lowest BCUT2D eigenvalue weighted by molar-refractivity contribution is -0.0504. The summed E-state index contributed by atoms with van der Waals surface area (Å²) in [7, 11) is 1.50. The van der Waals surface area contributed by atoms with Crippen LogP contribution in [0.15, 0.2) is 23.2 Å². The first-order chi connectivity index (χ1) is 12.4. The van der Waals surface area contributed by atoms with Crippen molar-refractivity contribution >= 4 is 29.9 Å². The van der Waals surface area contributed by atoms with Gasteiger partial charge in [0.25, 0.3) is 0 Å².